The summed E-state index contributed by atoms with van der Waals surface area (Å²) in [6.07, 6.45) is 0.210. The van der Waals surface area contributed by atoms with Gasteiger partial charge in [0.05, 0.1) is 7.11 Å². The first-order valence-electron chi connectivity index (χ1n) is 5.33. The van der Waals surface area contributed by atoms with Crippen LogP contribution in [-0.4, -0.2) is 30.8 Å². The normalized spacial score (nSPS) is 11.9. The molecule has 3 N–H and O–H groups in total. The highest BCUT2D eigenvalue weighted by molar-refractivity contribution is 5.75. The molecule has 17 heavy (non-hydrogen) atoms. The summed E-state index contributed by atoms with van der Waals surface area (Å²) >= 11 is 0. The summed E-state index contributed by atoms with van der Waals surface area (Å²) in [5.74, 6) is 0.243. The molecule has 0 aromatic heterocycles. The first kappa shape index (κ1) is 13.5. The number of hydrogen-bond donors (Lipinski definition) is 2. The predicted octanol–water partition coefficient (Wildman–Crippen LogP) is 0.448. The Morgan fingerprint density at radius 2 is 2.06 bits per heavy atom. The number of carbonyl (C=O) groups is 1. The zero-order chi connectivity index (χ0) is 12.7. The maximum Gasteiger partial charge on any atom is 0.323 e. The van der Waals surface area contributed by atoms with E-state index in [-0.39, 0.29) is 19.6 Å². The minimum atomic E-state index is -0.766. The Kier molecular flexibility index (Phi) is 5.45. The predicted molar refractivity (Wildman–Crippen MR) is 62.5 cm³/mol. The van der Waals surface area contributed by atoms with E-state index in [9.17, 15) is 4.79 Å². The Bertz CT molecular complexity index is 350. The standard InChI is InChI=1S/C12H17NO4/c1-16-10-4-2-9(3-5-10)8-17-12(15)11(13)6-7-14/h2-5,11,14H,6-8,13H2,1H3/t11-/m0/s1. The molecule has 0 unspecified atom stereocenters. The number of hydrogen-bond acceptors (Lipinski definition) is 5. The highest BCUT2D eigenvalue weighted by atomic mass is 16.5. The van der Waals surface area contributed by atoms with Gasteiger partial charge in [-0.2, -0.15) is 0 Å². The lowest BCUT2D eigenvalue weighted by Crippen LogP contribution is -2.33. The van der Waals surface area contributed by atoms with Gasteiger partial charge in [-0.3, -0.25) is 4.79 Å². The maximum absolute atomic E-state index is 11.3. The number of rotatable bonds is 6. The number of nitrogens with two attached hydrogens (primary N) is 1. The number of carbonyl (C=O) groups excluding carboxylic acids is 1. The number of aliphatic hydroxyl groups is 1. The van der Waals surface area contributed by atoms with Gasteiger partial charge in [-0.1, -0.05) is 12.1 Å². The van der Waals surface area contributed by atoms with Gasteiger partial charge in [-0.15, -0.1) is 0 Å². The van der Waals surface area contributed by atoms with Gasteiger partial charge in [0.2, 0.25) is 0 Å². The Morgan fingerprint density at radius 3 is 2.59 bits per heavy atom. The van der Waals surface area contributed by atoms with E-state index in [0.717, 1.165) is 11.3 Å². The van der Waals surface area contributed by atoms with Crippen LogP contribution >= 0.6 is 0 Å². The number of esters is 1. The van der Waals surface area contributed by atoms with Gasteiger partial charge >= 0.3 is 5.97 Å². The Morgan fingerprint density at radius 1 is 1.41 bits per heavy atom. The van der Waals surface area contributed by atoms with Gasteiger partial charge in [-0.05, 0) is 24.1 Å². The van der Waals surface area contributed by atoms with Crippen LogP contribution in [0.15, 0.2) is 24.3 Å². The van der Waals surface area contributed by atoms with Crippen molar-refractivity contribution in [3.8, 4) is 5.75 Å². The molecule has 1 atom stereocenters. The van der Waals surface area contributed by atoms with Crippen LogP contribution < -0.4 is 10.5 Å². The van der Waals surface area contributed by atoms with E-state index in [1.54, 1.807) is 19.2 Å². The van der Waals surface area contributed by atoms with Crippen molar-refractivity contribution < 1.29 is 19.4 Å². The fourth-order valence-electron chi connectivity index (χ4n) is 1.24. The Hall–Kier alpha value is -1.59. The largest absolute Gasteiger partial charge is 0.497 e. The third-order valence-electron chi connectivity index (χ3n) is 2.28. The van der Waals surface area contributed by atoms with E-state index in [1.165, 1.54) is 0 Å². The molecule has 0 aliphatic carbocycles. The summed E-state index contributed by atoms with van der Waals surface area (Å²) in [7, 11) is 1.59. The Balaban J connectivity index is 2.41. The van der Waals surface area contributed by atoms with Crippen LogP contribution in [-0.2, 0) is 16.1 Å². The molecule has 1 aromatic rings. The average molecular weight is 239 g/mol. The number of methoxy groups -OCH3 is 1. The van der Waals surface area contributed by atoms with Crippen LogP contribution in [0.3, 0.4) is 0 Å². The molecular formula is C12H17NO4. The summed E-state index contributed by atoms with van der Waals surface area (Å²) in [6.45, 7) is 0.0424. The zero-order valence-electron chi connectivity index (χ0n) is 9.76. The molecule has 0 saturated carbocycles. The van der Waals surface area contributed by atoms with Crippen molar-refractivity contribution in [2.24, 2.45) is 5.73 Å². The van der Waals surface area contributed by atoms with E-state index in [0.29, 0.717) is 0 Å². The minimum absolute atomic E-state index is 0.126. The second-order valence-corrected chi connectivity index (χ2v) is 3.57. The van der Waals surface area contributed by atoms with Crippen LogP contribution in [0.1, 0.15) is 12.0 Å². The van der Waals surface area contributed by atoms with Crippen molar-refractivity contribution in [1.82, 2.24) is 0 Å². The van der Waals surface area contributed by atoms with Crippen LogP contribution in [0.25, 0.3) is 0 Å². The number of benzene rings is 1. The first-order valence-corrected chi connectivity index (χ1v) is 5.33. The van der Waals surface area contributed by atoms with Crippen molar-refractivity contribution >= 4 is 5.97 Å². The summed E-state index contributed by atoms with van der Waals surface area (Å²) in [6, 6.07) is 6.43. The topological polar surface area (TPSA) is 81.8 Å². The van der Waals surface area contributed by atoms with Crippen molar-refractivity contribution in [3.63, 3.8) is 0 Å². The zero-order valence-corrected chi connectivity index (χ0v) is 9.76. The molecule has 0 spiro atoms. The third-order valence-corrected chi connectivity index (χ3v) is 2.28. The Labute approximate surface area is 100 Å². The van der Waals surface area contributed by atoms with Crippen molar-refractivity contribution in [2.75, 3.05) is 13.7 Å². The number of aliphatic hydroxyl groups excluding tert-OH is 1. The van der Waals surface area contributed by atoms with E-state index in [4.69, 9.17) is 20.3 Å². The average Bonchev–Trinajstić information content (AvgIpc) is 2.36. The highest BCUT2D eigenvalue weighted by Crippen LogP contribution is 2.12. The molecule has 5 heteroatoms. The molecule has 0 heterocycles. The van der Waals surface area contributed by atoms with E-state index >= 15 is 0 Å². The molecule has 0 aliphatic rings. The van der Waals surface area contributed by atoms with E-state index < -0.39 is 12.0 Å². The molecule has 1 aromatic carbocycles. The molecule has 0 saturated heterocycles. The smallest absolute Gasteiger partial charge is 0.323 e. The summed E-state index contributed by atoms with van der Waals surface area (Å²) in [4.78, 5) is 11.3. The molecule has 1 rings (SSSR count). The second kappa shape index (κ2) is 6.88. The molecule has 0 bridgehead atoms. The summed E-state index contributed by atoms with van der Waals surface area (Å²) in [5.41, 5.74) is 6.34. The lowest BCUT2D eigenvalue weighted by Gasteiger charge is -2.10. The van der Waals surface area contributed by atoms with Crippen molar-refractivity contribution in [1.29, 1.82) is 0 Å². The summed E-state index contributed by atoms with van der Waals surface area (Å²) < 4.78 is 10.0. The van der Waals surface area contributed by atoms with Crippen molar-refractivity contribution in [3.05, 3.63) is 29.8 Å². The molecule has 0 amide bonds. The van der Waals surface area contributed by atoms with Gasteiger partial charge in [0.25, 0.3) is 0 Å². The third kappa shape index (κ3) is 4.42. The van der Waals surface area contributed by atoms with E-state index in [2.05, 4.69) is 0 Å². The van der Waals surface area contributed by atoms with Gasteiger partial charge in [0, 0.05) is 6.61 Å². The van der Waals surface area contributed by atoms with Crippen LogP contribution in [0.2, 0.25) is 0 Å². The molecular weight excluding hydrogens is 222 g/mol. The quantitative estimate of drug-likeness (QED) is 0.704. The van der Waals surface area contributed by atoms with Crippen LogP contribution in [0.5, 0.6) is 5.75 Å². The lowest BCUT2D eigenvalue weighted by atomic mass is 10.2. The van der Waals surface area contributed by atoms with E-state index in [1.807, 2.05) is 12.1 Å². The molecule has 0 radical (unpaired) electrons. The molecule has 94 valence electrons. The lowest BCUT2D eigenvalue weighted by molar-refractivity contribution is -0.146. The van der Waals surface area contributed by atoms with Crippen LogP contribution in [0.4, 0.5) is 0 Å². The molecule has 5 nitrogen and oxygen atoms in total. The molecule has 0 fully saturated rings. The highest BCUT2D eigenvalue weighted by Gasteiger charge is 2.13. The number of ether oxygens (including phenoxy) is 2. The SMILES string of the molecule is COc1ccc(COC(=O)[C@@H](N)CCO)cc1. The first-order chi connectivity index (χ1) is 8.17. The second-order valence-electron chi connectivity index (χ2n) is 3.57. The van der Waals surface area contributed by atoms with Crippen molar-refractivity contribution in [2.45, 2.75) is 19.1 Å². The fraction of sp³-hybridized carbons (Fsp3) is 0.417. The maximum atomic E-state index is 11.3. The van der Waals surface area contributed by atoms with Gasteiger partial charge in [0.1, 0.15) is 18.4 Å². The van der Waals surface area contributed by atoms with Gasteiger partial charge in [-0.25, -0.2) is 0 Å². The summed E-state index contributed by atoms with van der Waals surface area (Å²) in [5, 5.41) is 8.63. The minimum Gasteiger partial charge on any atom is -0.497 e. The van der Waals surface area contributed by atoms with Crippen LogP contribution in [0, 0.1) is 0 Å². The van der Waals surface area contributed by atoms with Gasteiger partial charge < -0.3 is 20.3 Å². The van der Waals surface area contributed by atoms with Gasteiger partial charge in [0.15, 0.2) is 0 Å². The molecule has 0 aliphatic heterocycles. The fourth-order valence-corrected chi connectivity index (χ4v) is 1.24. The monoisotopic (exact) mass is 239 g/mol.